The maximum atomic E-state index is 12.9. The molecule has 0 atom stereocenters. The molecule has 1 aromatic rings. The van der Waals surface area contributed by atoms with E-state index in [4.69, 9.17) is 5.73 Å². The van der Waals surface area contributed by atoms with Gasteiger partial charge in [0.15, 0.2) is 0 Å². The predicted molar refractivity (Wildman–Crippen MR) is 83.3 cm³/mol. The van der Waals surface area contributed by atoms with Crippen LogP contribution in [0.1, 0.15) is 36.8 Å². The first-order valence-electron chi connectivity index (χ1n) is 7.80. The molecule has 0 aliphatic heterocycles. The van der Waals surface area contributed by atoms with Gasteiger partial charge in [-0.2, -0.15) is 4.31 Å². The molecule has 0 saturated heterocycles. The lowest BCUT2D eigenvalue weighted by atomic mass is 10.1. The lowest BCUT2D eigenvalue weighted by molar-refractivity contribution is 0.382. The van der Waals surface area contributed by atoms with E-state index in [2.05, 4.69) is 0 Å². The van der Waals surface area contributed by atoms with Gasteiger partial charge in [0, 0.05) is 19.6 Å². The van der Waals surface area contributed by atoms with Crippen LogP contribution in [0.2, 0.25) is 0 Å². The van der Waals surface area contributed by atoms with Crippen LogP contribution >= 0.6 is 0 Å². The topological polar surface area (TPSA) is 63.4 Å². The summed E-state index contributed by atoms with van der Waals surface area (Å²) in [5.74, 6) is 1.14. The summed E-state index contributed by atoms with van der Waals surface area (Å²) in [5, 5.41) is 0. The highest BCUT2D eigenvalue weighted by Crippen LogP contribution is 2.36. The Balaban J connectivity index is 1.86. The van der Waals surface area contributed by atoms with Crippen LogP contribution in [0, 0.1) is 18.8 Å². The summed E-state index contributed by atoms with van der Waals surface area (Å²) >= 11 is 0. The first kappa shape index (κ1) is 15.0. The van der Waals surface area contributed by atoms with E-state index in [1.54, 1.807) is 16.4 Å². The van der Waals surface area contributed by atoms with Crippen LogP contribution in [-0.4, -0.2) is 25.8 Å². The van der Waals surface area contributed by atoms with Gasteiger partial charge in [-0.1, -0.05) is 6.07 Å². The maximum Gasteiger partial charge on any atom is 0.243 e. The van der Waals surface area contributed by atoms with E-state index in [0.29, 0.717) is 36.4 Å². The third-order valence-electron chi connectivity index (χ3n) is 4.49. The Labute approximate surface area is 127 Å². The molecule has 2 fully saturated rings. The molecule has 5 heteroatoms. The van der Waals surface area contributed by atoms with Crippen molar-refractivity contribution in [2.24, 2.45) is 17.6 Å². The van der Waals surface area contributed by atoms with Crippen LogP contribution in [0.25, 0.3) is 0 Å². The van der Waals surface area contributed by atoms with Crippen molar-refractivity contribution in [3.8, 4) is 0 Å². The smallest absolute Gasteiger partial charge is 0.243 e. The molecule has 4 nitrogen and oxygen atoms in total. The summed E-state index contributed by atoms with van der Waals surface area (Å²) in [7, 11) is -3.37. The van der Waals surface area contributed by atoms with E-state index in [9.17, 15) is 8.42 Å². The van der Waals surface area contributed by atoms with Gasteiger partial charge in [0.2, 0.25) is 10.0 Å². The lowest BCUT2D eigenvalue weighted by Crippen LogP contribution is -2.34. The molecule has 2 aliphatic carbocycles. The Kier molecular flexibility index (Phi) is 4.08. The summed E-state index contributed by atoms with van der Waals surface area (Å²) in [4.78, 5) is 0.415. The lowest BCUT2D eigenvalue weighted by Gasteiger charge is -2.22. The van der Waals surface area contributed by atoms with Gasteiger partial charge in [0.25, 0.3) is 0 Å². The van der Waals surface area contributed by atoms with E-state index in [0.717, 1.165) is 11.1 Å². The molecule has 116 valence electrons. The standard InChI is InChI=1S/C16H24N2O2S/c1-12-8-16(7-6-15(12)9-17)21(19,20)18(10-13-2-3-13)11-14-4-5-14/h6-8,13-14H,2-5,9-11,17H2,1H3. The van der Waals surface area contributed by atoms with Crippen molar-refractivity contribution in [3.63, 3.8) is 0 Å². The normalized spacial score (nSPS) is 19.2. The summed E-state index contributed by atoms with van der Waals surface area (Å²) in [6.07, 6.45) is 4.67. The van der Waals surface area contributed by atoms with E-state index in [-0.39, 0.29) is 0 Å². The second-order valence-electron chi connectivity index (χ2n) is 6.50. The van der Waals surface area contributed by atoms with Crippen molar-refractivity contribution in [2.75, 3.05) is 13.1 Å². The molecule has 0 spiro atoms. The van der Waals surface area contributed by atoms with E-state index >= 15 is 0 Å². The first-order valence-corrected chi connectivity index (χ1v) is 9.24. The molecule has 2 N–H and O–H groups in total. The van der Waals surface area contributed by atoms with Gasteiger partial charge in [-0.05, 0) is 67.7 Å². The fraction of sp³-hybridized carbons (Fsp3) is 0.625. The molecule has 0 amide bonds. The number of hydrogen-bond acceptors (Lipinski definition) is 3. The Bertz CT molecular complexity index is 605. The quantitative estimate of drug-likeness (QED) is 0.840. The van der Waals surface area contributed by atoms with Crippen molar-refractivity contribution < 1.29 is 8.42 Å². The summed E-state index contributed by atoms with van der Waals surface area (Å²) in [6.45, 7) is 3.75. The van der Waals surface area contributed by atoms with E-state index < -0.39 is 10.0 Å². The number of sulfonamides is 1. The summed E-state index contributed by atoms with van der Waals surface area (Å²) in [6, 6.07) is 5.32. The van der Waals surface area contributed by atoms with E-state index in [1.807, 2.05) is 13.0 Å². The van der Waals surface area contributed by atoms with Crippen LogP contribution in [0.4, 0.5) is 0 Å². The van der Waals surface area contributed by atoms with Crippen molar-refractivity contribution in [1.29, 1.82) is 0 Å². The van der Waals surface area contributed by atoms with Crippen LogP contribution in [0.15, 0.2) is 23.1 Å². The monoisotopic (exact) mass is 308 g/mol. The highest BCUT2D eigenvalue weighted by molar-refractivity contribution is 7.89. The van der Waals surface area contributed by atoms with Crippen LogP contribution in [0.5, 0.6) is 0 Å². The molecule has 3 rings (SSSR count). The third-order valence-corrected chi connectivity index (χ3v) is 6.32. The largest absolute Gasteiger partial charge is 0.326 e. The van der Waals surface area contributed by atoms with Crippen molar-refractivity contribution >= 4 is 10.0 Å². The Morgan fingerprint density at radius 1 is 1.14 bits per heavy atom. The fourth-order valence-electron chi connectivity index (χ4n) is 2.65. The Hall–Kier alpha value is -0.910. The number of rotatable bonds is 7. The molecule has 0 aromatic heterocycles. The van der Waals surface area contributed by atoms with Crippen LogP contribution < -0.4 is 5.73 Å². The molecule has 2 aliphatic rings. The number of aryl methyl sites for hydroxylation is 1. The first-order chi connectivity index (χ1) is 10.0. The number of nitrogens with two attached hydrogens (primary N) is 1. The zero-order valence-corrected chi connectivity index (χ0v) is 13.4. The zero-order valence-electron chi connectivity index (χ0n) is 12.6. The van der Waals surface area contributed by atoms with Gasteiger partial charge < -0.3 is 5.73 Å². The highest BCUT2D eigenvalue weighted by Gasteiger charge is 2.35. The summed E-state index contributed by atoms with van der Waals surface area (Å²) < 4.78 is 27.5. The van der Waals surface area contributed by atoms with Crippen LogP contribution in [0.3, 0.4) is 0 Å². The Morgan fingerprint density at radius 3 is 2.14 bits per heavy atom. The Morgan fingerprint density at radius 2 is 1.71 bits per heavy atom. The minimum Gasteiger partial charge on any atom is -0.326 e. The molecular weight excluding hydrogens is 284 g/mol. The average molecular weight is 308 g/mol. The predicted octanol–water partition coefficient (Wildman–Crippen LogP) is 2.26. The zero-order chi connectivity index (χ0) is 15.0. The summed E-state index contributed by atoms with van der Waals surface area (Å²) in [5.41, 5.74) is 7.62. The van der Waals surface area contributed by atoms with Crippen LogP contribution in [-0.2, 0) is 16.6 Å². The minimum absolute atomic E-state index is 0.415. The van der Waals surface area contributed by atoms with Crippen molar-refractivity contribution in [3.05, 3.63) is 29.3 Å². The molecule has 2 saturated carbocycles. The van der Waals surface area contributed by atoms with Gasteiger partial charge in [-0.25, -0.2) is 8.42 Å². The third kappa shape index (κ3) is 3.47. The van der Waals surface area contributed by atoms with E-state index in [1.165, 1.54) is 25.7 Å². The molecule has 21 heavy (non-hydrogen) atoms. The van der Waals surface area contributed by atoms with Crippen molar-refractivity contribution in [1.82, 2.24) is 4.31 Å². The molecule has 0 bridgehead atoms. The van der Waals surface area contributed by atoms with Gasteiger partial charge in [-0.15, -0.1) is 0 Å². The highest BCUT2D eigenvalue weighted by atomic mass is 32.2. The number of hydrogen-bond donors (Lipinski definition) is 1. The molecule has 0 radical (unpaired) electrons. The molecule has 0 unspecified atom stereocenters. The van der Waals surface area contributed by atoms with Crippen molar-refractivity contribution in [2.45, 2.75) is 44.0 Å². The van der Waals surface area contributed by atoms with Gasteiger partial charge in [-0.3, -0.25) is 0 Å². The number of nitrogens with zero attached hydrogens (tertiary/aromatic N) is 1. The number of benzene rings is 1. The minimum atomic E-state index is -3.37. The second-order valence-corrected chi connectivity index (χ2v) is 8.44. The van der Waals surface area contributed by atoms with Gasteiger partial charge in [0.1, 0.15) is 0 Å². The second kappa shape index (κ2) is 5.71. The fourth-order valence-corrected chi connectivity index (χ4v) is 4.33. The maximum absolute atomic E-state index is 12.9. The SMILES string of the molecule is Cc1cc(S(=O)(=O)N(CC2CC2)CC2CC2)ccc1CN. The molecule has 1 aromatic carbocycles. The molecular formula is C16H24N2O2S. The van der Waals surface area contributed by atoms with Gasteiger partial charge >= 0.3 is 0 Å². The average Bonchev–Trinajstić information content (AvgIpc) is 3.33. The molecule has 0 heterocycles. The van der Waals surface area contributed by atoms with Gasteiger partial charge in [0.05, 0.1) is 4.90 Å².